The zero-order valence-corrected chi connectivity index (χ0v) is 18.5. The van der Waals surface area contributed by atoms with E-state index in [-0.39, 0.29) is 4.90 Å². The summed E-state index contributed by atoms with van der Waals surface area (Å²) in [6.45, 7) is 2.71. The van der Waals surface area contributed by atoms with Gasteiger partial charge in [-0.05, 0) is 37.0 Å². The van der Waals surface area contributed by atoms with Crippen LogP contribution in [-0.2, 0) is 21.2 Å². The first-order valence-corrected chi connectivity index (χ1v) is 12.7. The van der Waals surface area contributed by atoms with E-state index in [0.29, 0.717) is 48.4 Å². The minimum atomic E-state index is -3.95. The third-order valence-corrected chi connectivity index (χ3v) is 7.14. The Morgan fingerprint density at radius 1 is 1.28 bits per heavy atom. The van der Waals surface area contributed by atoms with Gasteiger partial charge in [0.05, 0.1) is 4.90 Å². The van der Waals surface area contributed by atoms with Crippen molar-refractivity contribution in [3.63, 3.8) is 0 Å². The van der Waals surface area contributed by atoms with Crippen LogP contribution in [0.1, 0.15) is 18.4 Å². The SMILES string of the molecule is CCc1nnc(NC(=O)C(CCSC)NS(=O)(=O)c2ccc3c(c2)OCCO3)s1. The summed E-state index contributed by atoms with van der Waals surface area (Å²) in [5, 5.41) is 11.7. The molecule has 1 aliphatic heterocycles. The van der Waals surface area contributed by atoms with Crippen LogP contribution in [0.2, 0.25) is 0 Å². The average molecular weight is 459 g/mol. The molecule has 0 spiro atoms. The number of hydrogen-bond donors (Lipinski definition) is 2. The molecule has 2 aromatic rings. The van der Waals surface area contributed by atoms with Crippen molar-refractivity contribution in [2.75, 3.05) is 30.5 Å². The molecule has 0 aliphatic carbocycles. The first-order valence-electron chi connectivity index (χ1n) is 8.97. The van der Waals surface area contributed by atoms with Gasteiger partial charge < -0.3 is 9.47 Å². The Hall–Kier alpha value is -1.89. The van der Waals surface area contributed by atoms with E-state index >= 15 is 0 Å². The summed E-state index contributed by atoms with van der Waals surface area (Å²) in [6, 6.07) is 3.43. The lowest BCUT2D eigenvalue weighted by molar-refractivity contribution is -0.117. The van der Waals surface area contributed by atoms with Crippen molar-refractivity contribution in [1.82, 2.24) is 14.9 Å². The van der Waals surface area contributed by atoms with Crippen LogP contribution in [0.25, 0.3) is 0 Å². The van der Waals surface area contributed by atoms with Gasteiger partial charge in [-0.25, -0.2) is 8.42 Å². The molecular weight excluding hydrogens is 436 g/mol. The highest BCUT2D eigenvalue weighted by atomic mass is 32.2. The maximum absolute atomic E-state index is 12.9. The van der Waals surface area contributed by atoms with Gasteiger partial charge in [0.1, 0.15) is 24.3 Å². The second-order valence-electron chi connectivity index (χ2n) is 6.10. The van der Waals surface area contributed by atoms with Crippen LogP contribution in [0.4, 0.5) is 5.13 Å². The molecule has 1 unspecified atom stereocenters. The molecular formula is C17H22N4O5S3. The number of nitrogens with one attached hydrogen (secondary N) is 2. The van der Waals surface area contributed by atoms with E-state index in [1.165, 1.54) is 35.2 Å². The summed E-state index contributed by atoms with van der Waals surface area (Å²) >= 11 is 2.79. The number of thioether (sulfide) groups is 1. The molecule has 1 aromatic carbocycles. The lowest BCUT2D eigenvalue weighted by Crippen LogP contribution is -2.44. The topological polar surface area (TPSA) is 120 Å². The van der Waals surface area contributed by atoms with Gasteiger partial charge in [0.25, 0.3) is 0 Å². The number of aromatic nitrogens is 2. The van der Waals surface area contributed by atoms with Crippen LogP contribution in [0.3, 0.4) is 0 Å². The standard InChI is InChI=1S/C17H22N4O5S3/c1-3-15-19-20-17(28-15)18-16(22)12(6-9-27-2)21-29(23,24)11-4-5-13-14(10-11)26-8-7-25-13/h4-5,10,12,21H,3,6-9H2,1-2H3,(H,18,20,22). The van der Waals surface area contributed by atoms with Crippen LogP contribution < -0.4 is 19.5 Å². The Labute approximate surface area is 177 Å². The van der Waals surface area contributed by atoms with Crippen molar-refractivity contribution >= 4 is 44.2 Å². The van der Waals surface area contributed by atoms with E-state index in [2.05, 4.69) is 20.2 Å². The van der Waals surface area contributed by atoms with Gasteiger partial charge in [-0.1, -0.05) is 18.3 Å². The number of fused-ring (bicyclic) bond motifs is 1. The highest BCUT2D eigenvalue weighted by Crippen LogP contribution is 2.32. The van der Waals surface area contributed by atoms with Gasteiger partial charge in [-0.2, -0.15) is 16.5 Å². The summed E-state index contributed by atoms with van der Waals surface area (Å²) in [4.78, 5) is 12.7. The molecule has 1 atom stereocenters. The van der Waals surface area contributed by atoms with Crippen molar-refractivity contribution in [1.29, 1.82) is 0 Å². The molecule has 0 radical (unpaired) electrons. The second kappa shape index (κ2) is 9.74. The van der Waals surface area contributed by atoms with E-state index < -0.39 is 22.0 Å². The predicted octanol–water partition coefficient (Wildman–Crippen LogP) is 1.91. The number of hydrogen-bond acceptors (Lipinski definition) is 9. The number of rotatable bonds is 9. The third-order valence-electron chi connectivity index (χ3n) is 4.05. The molecule has 1 aliphatic rings. The fourth-order valence-electron chi connectivity index (χ4n) is 2.56. The minimum Gasteiger partial charge on any atom is -0.486 e. The predicted molar refractivity (Wildman–Crippen MR) is 112 cm³/mol. The highest BCUT2D eigenvalue weighted by Gasteiger charge is 2.27. The zero-order chi connectivity index (χ0) is 20.9. The second-order valence-corrected chi connectivity index (χ2v) is 9.87. The Morgan fingerprint density at radius 2 is 2.03 bits per heavy atom. The summed E-state index contributed by atoms with van der Waals surface area (Å²) in [5.74, 6) is 0.997. The molecule has 2 heterocycles. The van der Waals surface area contributed by atoms with Crippen LogP contribution in [-0.4, -0.2) is 55.8 Å². The number of carbonyl (C=O) groups is 1. The Morgan fingerprint density at radius 3 is 2.72 bits per heavy atom. The summed E-state index contributed by atoms with van der Waals surface area (Å²) < 4.78 is 39.1. The molecule has 0 fully saturated rings. The van der Waals surface area contributed by atoms with Crippen LogP contribution >= 0.6 is 23.1 Å². The van der Waals surface area contributed by atoms with Crippen molar-refractivity contribution in [3.05, 3.63) is 23.2 Å². The van der Waals surface area contributed by atoms with E-state index in [9.17, 15) is 13.2 Å². The average Bonchev–Trinajstić information content (AvgIpc) is 3.18. The summed E-state index contributed by atoms with van der Waals surface area (Å²) in [6.07, 6.45) is 2.93. The molecule has 1 aromatic heterocycles. The van der Waals surface area contributed by atoms with Crippen molar-refractivity contribution in [2.45, 2.75) is 30.7 Å². The van der Waals surface area contributed by atoms with Gasteiger partial charge in [0.15, 0.2) is 11.5 Å². The van der Waals surface area contributed by atoms with Crippen molar-refractivity contribution < 1.29 is 22.7 Å². The molecule has 1 amide bonds. The van der Waals surface area contributed by atoms with Gasteiger partial charge in [-0.15, -0.1) is 10.2 Å². The third kappa shape index (κ3) is 5.59. The molecule has 158 valence electrons. The number of anilines is 1. The monoisotopic (exact) mass is 458 g/mol. The highest BCUT2D eigenvalue weighted by molar-refractivity contribution is 7.98. The van der Waals surface area contributed by atoms with E-state index in [1.807, 2.05) is 13.2 Å². The number of benzene rings is 1. The first kappa shape index (κ1) is 21.8. The maximum atomic E-state index is 12.9. The Bertz CT molecular complexity index is 964. The number of nitrogens with zero attached hydrogens (tertiary/aromatic N) is 2. The minimum absolute atomic E-state index is 0.00730. The van der Waals surface area contributed by atoms with E-state index in [4.69, 9.17) is 9.47 Å². The number of carbonyl (C=O) groups excluding carboxylic acids is 1. The summed E-state index contributed by atoms with van der Waals surface area (Å²) in [5.41, 5.74) is 0. The normalized spacial score (nSPS) is 14.4. The Balaban J connectivity index is 1.76. The Kier molecular flexibility index (Phi) is 7.33. The quantitative estimate of drug-likeness (QED) is 0.585. The molecule has 12 heteroatoms. The molecule has 2 N–H and O–H groups in total. The molecule has 29 heavy (non-hydrogen) atoms. The molecule has 0 saturated carbocycles. The van der Waals surface area contributed by atoms with E-state index in [1.54, 1.807) is 6.07 Å². The molecule has 0 bridgehead atoms. The number of sulfonamides is 1. The smallest absolute Gasteiger partial charge is 0.244 e. The zero-order valence-electron chi connectivity index (χ0n) is 16.0. The molecule has 0 saturated heterocycles. The van der Waals surface area contributed by atoms with Gasteiger partial charge in [0.2, 0.25) is 21.1 Å². The fraction of sp³-hybridized carbons (Fsp3) is 0.471. The number of ether oxygens (including phenoxy) is 2. The van der Waals surface area contributed by atoms with Gasteiger partial charge in [-0.3, -0.25) is 10.1 Å². The van der Waals surface area contributed by atoms with Gasteiger partial charge in [0, 0.05) is 6.07 Å². The number of amides is 1. The largest absolute Gasteiger partial charge is 0.486 e. The number of aryl methyl sites for hydroxylation is 1. The fourth-order valence-corrected chi connectivity index (χ4v) is 4.96. The van der Waals surface area contributed by atoms with Crippen LogP contribution in [0.15, 0.2) is 23.1 Å². The summed E-state index contributed by atoms with van der Waals surface area (Å²) in [7, 11) is -3.95. The lowest BCUT2D eigenvalue weighted by Gasteiger charge is -2.20. The first-order chi connectivity index (χ1) is 13.9. The molecule has 9 nitrogen and oxygen atoms in total. The maximum Gasteiger partial charge on any atom is 0.244 e. The van der Waals surface area contributed by atoms with Crippen LogP contribution in [0, 0.1) is 0 Å². The molecule has 3 rings (SSSR count). The van der Waals surface area contributed by atoms with Crippen LogP contribution in [0.5, 0.6) is 11.5 Å². The van der Waals surface area contributed by atoms with Crippen molar-refractivity contribution in [2.24, 2.45) is 0 Å². The lowest BCUT2D eigenvalue weighted by atomic mass is 10.2. The van der Waals surface area contributed by atoms with E-state index in [0.717, 1.165) is 5.01 Å². The van der Waals surface area contributed by atoms with Gasteiger partial charge >= 0.3 is 0 Å². The van der Waals surface area contributed by atoms with Crippen molar-refractivity contribution in [3.8, 4) is 11.5 Å².